The van der Waals surface area contributed by atoms with Crippen LogP contribution < -0.4 is 10.1 Å². The number of nitrogens with zero attached hydrogens (tertiary/aromatic N) is 3. The third-order valence-electron chi connectivity index (χ3n) is 7.67. The normalized spacial score (nSPS) is 24.1. The van der Waals surface area contributed by atoms with Gasteiger partial charge in [0.15, 0.2) is 0 Å². The van der Waals surface area contributed by atoms with Crippen LogP contribution >= 0.6 is 0 Å². The summed E-state index contributed by atoms with van der Waals surface area (Å²) < 4.78 is 6.35. The van der Waals surface area contributed by atoms with E-state index < -0.39 is 0 Å². The summed E-state index contributed by atoms with van der Waals surface area (Å²) in [5.74, 6) is 0.0572. The van der Waals surface area contributed by atoms with Crippen LogP contribution in [0.15, 0.2) is 18.3 Å². The van der Waals surface area contributed by atoms with E-state index in [-0.39, 0.29) is 42.7 Å². The molecule has 35 heavy (non-hydrogen) atoms. The van der Waals surface area contributed by atoms with Crippen LogP contribution in [0.3, 0.4) is 0 Å². The van der Waals surface area contributed by atoms with Gasteiger partial charge in [0.05, 0.1) is 19.2 Å². The van der Waals surface area contributed by atoms with E-state index in [1.165, 1.54) is 12.0 Å². The maximum Gasteiger partial charge on any atom is 0.317 e. The van der Waals surface area contributed by atoms with E-state index in [0.717, 1.165) is 50.5 Å². The molecule has 1 aliphatic heterocycles. The summed E-state index contributed by atoms with van der Waals surface area (Å²) in [6, 6.07) is 1.70. The highest BCUT2D eigenvalue weighted by Gasteiger charge is 2.35. The molecular formula is C27H40N4O4. The molecule has 2 heterocycles. The molecule has 1 fully saturated rings. The number of aliphatic hydroxyl groups is 1. The first-order chi connectivity index (χ1) is 16.9. The highest BCUT2D eigenvalue weighted by atomic mass is 16.5. The average Bonchev–Trinajstić information content (AvgIpc) is 3.39. The van der Waals surface area contributed by atoms with Crippen LogP contribution in [-0.4, -0.2) is 76.8 Å². The van der Waals surface area contributed by atoms with E-state index in [1.54, 1.807) is 23.0 Å². The number of likely N-dealkylation sites (N-methyl/N-ethyl adjacent to an activating group) is 1. The minimum Gasteiger partial charge on any atom is -0.472 e. The lowest BCUT2D eigenvalue weighted by Gasteiger charge is -2.38. The molecule has 0 saturated heterocycles. The summed E-state index contributed by atoms with van der Waals surface area (Å²) in [6.07, 6.45) is 12.4. The number of hydrogen-bond donors (Lipinski definition) is 2. The largest absolute Gasteiger partial charge is 0.472 e. The monoisotopic (exact) mass is 484 g/mol. The molecule has 0 aromatic carbocycles. The van der Waals surface area contributed by atoms with Gasteiger partial charge < -0.3 is 25.0 Å². The Bertz CT molecular complexity index is 943. The van der Waals surface area contributed by atoms with Crippen LogP contribution in [0.2, 0.25) is 0 Å². The van der Waals surface area contributed by atoms with Crippen LogP contribution in [-0.2, 0) is 0 Å². The number of aromatic nitrogens is 1. The minimum absolute atomic E-state index is 0.0645. The number of hydrogen-bond acceptors (Lipinski definition) is 5. The van der Waals surface area contributed by atoms with Gasteiger partial charge in [-0.1, -0.05) is 25.8 Å². The lowest BCUT2D eigenvalue weighted by atomic mass is 9.93. The van der Waals surface area contributed by atoms with Gasteiger partial charge in [0.2, 0.25) is 5.88 Å². The molecule has 192 valence electrons. The van der Waals surface area contributed by atoms with Crippen molar-refractivity contribution in [1.29, 1.82) is 0 Å². The molecule has 8 nitrogen and oxygen atoms in total. The smallest absolute Gasteiger partial charge is 0.317 e. The fourth-order valence-electron chi connectivity index (χ4n) is 5.30. The fourth-order valence-corrected chi connectivity index (χ4v) is 5.30. The van der Waals surface area contributed by atoms with Crippen LogP contribution in [0.25, 0.3) is 5.57 Å². The maximum atomic E-state index is 13.6. The highest BCUT2D eigenvalue weighted by molar-refractivity contribution is 5.97. The van der Waals surface area contributed by atoms with E-state index in [1.807, 2.05) is 19.9 Å². The van der Waals surface area contributed by atoms with Crippen molar-refractivity contribution in [2.24, 2.45) is 5.92 Å². The number of carbonyl (C=O) groups is 2. The van der Waals surface area contributed by atoms with Gasteiger partial charge >= 0.3 is 6.03 Å². The number of urea groups is 1. The van der Waals surface area contributed by atoms with Crippen molar-refractivity contribution in [3.63, 3.8) is 0 Å². The van der Waals surface area contributed by atoms with Gasteiger partial charge in [0, 0.05) is 31.7 Å². The Labute approximate surface area is 208 Å². The molecule has 3 amide bonds. The molecule has 3 aliphatic rings. The fraction of sp³-hybridized carbons (Fsp3) is 0.667. The molecule has 4 rings (SSSR count). The molecule has 3 atom stereocenters. The van der Waals surface area contributed by atoms with E-state index >= 15 is 0 Å². The van der Waals surface area contributed by atoms with Crippen LogP contribution in [0.5, 0.6) is 5.88 Å². The average molecular weight is 485 g/mol. The minimum atomic E-state index is -0.346. The van der Waals surface area contributed by atoms with E-state index in [0.29, 0.717) is 24.5 Å². The maximum absolute atomic E-state index is 13.6. The van der Waals surface area contributed by atoms with Crippen molar-refractivity contribution in [2.75, 3.05) is 26.7 Å². The number of rotatable bonds is 6. The molecule has 2 aliphatic carbocycles. The molecule has 2 N–H and O–H groups in total. The van der Waals surface area contributed by atoms with Crippen molar-refractivity contribution in [3.05, 3.63) is 29.5 Å². The molecule has 0 unspecified atom stereocenters. The van der Waals surface area contributed by atoms with Crippen molar-refractivity contribution in [2.45, 2.75) is 83.4 Å². The summed E-state index contributed by atoms with van der Waals surface area (Å²) in [5, 5.41) is 13.0. The summed E-state index contributed by atoms with van der Waals surface area (Å²) in [4.78, 5) is 34.4. The number of nitrogens with one attached hydrogen (secondary N) is 1. The molecule has 1 aromatic heterocycles. The Morgan fingerprint density at radius 1 is 1.31 bits per heavy atom. The number of aliphatic hydroxyl groups excluding tert-OH is 1. The van der Waals surface area contributed by atoms with Gasteiger partial charge in [0.25, 0.3) is 5.91 Å². The molecule has 1 saturated carbocycles. The van der Waals surface area contributed by atoms with Crippen molar-refractivity contribution >= 4 is 17.5 Å². The number of allylic oxidation sites excluding steroid dienone is 2. The third kappa shape index (κ3) is 5.97. The Balaban J connectivity index is 1.59. The second-order valence-corrected chi connectivity index (χ2v) is 10.5. The van der Waals surface area contributed by atoms with E-state index in [2.05, 4.69) is 16.4 Å². The number of pyridine rings is 1. The van der Waals surface area contributed by atoms with Crippen molar-refractivity contribution < 1.29 is 19.4 Å². The van der Waals surface area contributed by atoms with Gasteiger partial charge in [0.1, 0.15) is 11.7 Å². The van der Waals surface area contributed by atoms with E-state index in [4.69, 9.17) is 4.74 Å². The predicted octanol–water partition coefficient (Wildman–Crippen LogP) is 3.84. The lowest BCUT2D eigenvalue weighted by molar-refractivity contribution is 0.0351. The van der Waals surface area contributed by atoms with Crippen LogP contribution in [0.1, 0.15) is 81.1 Å². The van der Waals surface area contributed by atoms with Crippen LogP contribution in [0, 0.1) is 5.92 Å². The van der Waals surface area contributed by atoms with Gasteiger partial charge in [-0.25, -0.2) is 9.78 Å². The summed E-state index contributed by atoms with van der Waals surface area (Å²) in [5.41, 5.74) is 2.59. The number of fused-ring (bicyclic) bond motifs is 1. The summed E-state index contributed by atoms with van der Waals surface area (Å²) >= 11 is 0. The Hall–Kier alpha value is -2.61. The second-order valence-electron chi connectivity index (χ2n) is 10.5. The summed E-state index contributed by atoms with van der Waals surface area (Å²) in [7, 11) is 1.78. The SMILES string of the molecule is C[C@H]1CN([C@@H](C)CO)C(=O)c2cc(C3=CCCCC3)cnc2O[C@H]1CN(C)C(=O)NC1CCCC1. The Kier molecular flexibility index (Phi) is 8.31. The number of carbonyl (C=O) groups excluding carboxylic acids is 2. The zero-order chi connectivity index (χ0) is 24.9. The quantitative estimate of drug-likeness (QED) is 0.640. The molecule has 0 bridgehead atoms. The predicted molar refractivity (Wildman–Crippen MR) is 135 cm³/mol. The third-order valence-corrected chi connectivity index (χ3v) is 7.67. The molecular weight excluding hydrogens is 444 g/mol. The number of amides is 3. The lowest BCUT2D eigenvalue weighted by Crippen LogP contribution is -2.52. The highest BCUT2D eigenvalue weighted by Crippen LogP contribution is 2.32. The summed E-state index contributed by atoms with van der Waals surface area (Å²) in [6.45, 7) is 4.55. The van der Waals surface area contributed by atoms with Gasteiger partial charge in [-0.3, -0.25) is 4.79 Å². The van der Waals surface area contributed by atoms with Crippen LogP contribution in [0.4, 0.5) is 4.79 Å². The van der Waals surface area contributed by atoms with Gasteiger partial charge in [-0.2, -0.15) is 0 Å². The molecule has 0 spiro atoms. The first kappa shape index (κ1) is 25.5. The van der Waals surface area contributed by atoms with Gasteiger partial charge in [-0.15, -0.1) is 0 Å². The zero-order valence-electron chi connectivity index (χ0n) is 21.3. The second kappa shape index (κ2) is 11.4. The molecule has 1 aromatic rings. The first-order valence-corrected chi connectivity index (χ1v) is 13.2. The standard InChI is InChI=1S/C27H40N4O4/c1-18-15-31(19(2)17-32)26(33)23-13-21(20-9-5-4-6-10-20)14-28-25(23)35-24(18)16-30(3)27(34)29-22-11-7-8-12-22/h9,13-14,18-19,22,24,32H,4-8,10-12,15-17H2,1-3H3,(H,29,34)/t18-,19-,24-/m0/s1. The van der Waals surface area contributed by atoms with Crippen molar-refractivity contribution in [1.82, 2.24) is 20.1 Å². The topological polar surface area (TPSA) is 95.0 Å². The Morgan fingerprint density at radius 3 is 2.77 bits per heavy atom. The van der Waals surface area contributed by atoms with Crippen molar-refractivity contribution in [3.8, 4) is 5.88 Å². The molecule has 8 heteroatoms. The Morgan fingerprint density at radius 2 is 2.09 bits per heavy atom. The first-order valence-electron chi connectivity index (χ1n) is 13.2. The molecule has 0 radical (unpaired) electrons. The van der Waals surface area contributed by atoms with E-state index in [9.17, 15) is 14.7 Å². The zero-order valence-corrected chi connectivity index (χ0v) is 21.3. The van der Waals surface area contributed by atoms with Gasteiger partial charge in [-0.05, 0) is 62.7 Å². The number of ether oxygens (including phenoxy) is 1.